The van der Waals surface area contributed by atoms with E-state index in [0.29, 0.717) is 48.6 Å². The molecule has 1 aliphatic rings. The number of amides is 3. The van der Waals surface area contributed by atoms with Crippen molar-refractivity contribution in [3.8, 4) is 5.75 Å². The quantitative estimate of drug-likeness (QED) is 0.818. The van der Waals surface area contributed by atoms with E-state index in [1.807, 2.05) is 0 Å². The number of carbonyl (C=O) groups is 2. The zero-order valence-electron chi connectivity index (χ0n) is 15.1. The number of ether oxygens (including phenoxy) is 1. The van der Waals surface area contributed by atoms with E-state index in [0.717, 1.165) is 6.42 Å². The van der Waals surface area contributed by atoms with Crippen molar-refractivity contribution in [2.75, 3.05) is 30.4 Å². The third-order valence-electron chi connectivity index (χ3n) is 4.44. The molecule has 0 spiro atoms. The number of methoxy groups -OCH3 is 1. The normalized spacial score (nSPS) is 13.6. The number of rotatable bonds is 6. The van der Waals surface area contributed by atoms with Gasteiger partial charge in [0.1, 0.15) is 11.6 Å². The summed E-state index contributed by atoms with van der Waals surface area (Å²) >= 11 is 0. The summed E-state index contributed by atoms with van der Waals surface area (Å²) in [4.78, 5) is 25.7. The van der Waals surface area contributed by atoms with Crippen molar-refractivity contribution >= 4 is 23.3 Å². The highest BCUT2D eigenvalue weighted by molar-refractivity contribution is 5.97. The van der Waals surface area contributed by atoms with Crippen molar-refractivity contribution in [3.63, 3.8) is 0 Å². The molecule has 142 valence electrons. The van der Waals surface area contributed by atoms with Gasteiger partial charge in [0.15, 0.2) is 0 Å². The van der Waals surface area contributed by atoms with Crippen LogP contribution in [0.1, 0.15) is 18.4 Å². The summed E-state index contributed by atoms with van der Waals surface area (Å²) in [5.74, 6) is 0.311. The number of urea groups is 1. The summed E-state index contributed by atoms with van der Waals surface area (Å²) in [6, 6.07) is 11.3. The van der Waals surface area contributed by atoms with Crippen LogP contribution in [0.25, 0.3) is 0 Å². The molecule has 3 rings (SSSR count). The lowest BCUT2D eigenvalue weighted by molar-refractivity contribution is -0.117. The Hall–Kier alpha value is -3.09. The average Bonchev–Trinajstić information content (AvgIpc) is 3.09. The number of hydrogen-bond donors (Lipinski definition) is 2. The molecule has 3 amide bonds. The summed E-state index contributed by atoms with van der Waals surface area (Å²) in [6.07, 6.45) is 1.76. The van der Waals surface area contributed by atoms with Crippen LogP contribution < -0.4 is 20.3 Å². The topological polar surface area (TPSA) is 70.7 Å². The van der Waals surface area contributed by atoms with Gasteiger partial charge in [0.25, 0.3) is 0 Å². The van der Waals surface area contributed by atoms with E-state index in [1.165, 1.54) is 13.2 Å². The van der Waals surface area contributed by atoms with Gasteiger partial charge in [-0.05, 0) is 36.6 Å². The summed E-state index contributed by atoms with van der Waals surface area (Å²) in [5.41, 5.74) is 1.80. The maximum Gasteiger partial charge on any atom is 0.319 e. The number of halogens is 1. The molecule has 1 heterocycles. The van der Waals surface area contributed by atoms with Crippen molar-refractivity contribution in [3.05, 3.63) is 53.8 Å². The second kappa shape index (κ2) is 8.53. The average molecular weight is 371 g/mol. The van der Waals surface area contributed by atoms with Gasteiger partial charge in [-0.1, -0.05) is 18.2 Å². The third kappa shape index (κ3) is 4.55. The number of anilines is 2. The van der Waals surface area contributed by atoms with Crippen LogP contribution in [0, 0.1) is 5.82 Å². The molecule has 1 aliphatic heterocycles. The van der Waals surface area contributed by atoms with E-state index in [-0.39, 0.29) is 11.7 Å². The lowest BCUT2D eigenvalue weighted by Crippen LogP contribution is -2.30. The van der Waals surface area contributed by atoms with Crippen LogP contribution in [-0.4, -0.2) is 32.1 Å². The molecule has 0 aliphatic carbocycles. The fourth-order valence-corrected chi connectivity index (χ4v) is 3.07. The Labute approximate surface area is 157 Å². The highest BCUT2D eigenvalue weighted by Gasteiger charge is 2.24. The first kappa shape index (κ1) is 18.7. The Morgan fingerprint density at radius 1 is 1.26 bits per heavy atom. The van der Waals surface area contributed by atoms with Crippen LogP contribution in [-0.2, 0) is 11.2 Å². The van der Waals surface area contributed by atoms with Crippen LogP contribution in [0.4, 0.5) is 20.6 Å². The molecular weight excluding hydrogens is 349 g/mol. The highest BCUT2D eigenvalue weighted by Crippen LogP contribution is 2.33. The molecule has 0 atom stereocenters. The molecule has 0 saturated carbocycles. The monoisotopic (exact) mass is 371 g/mol. The third-order valence-corrected chi connectivity index (χ3v) is 4.44. The Morgan fingerprint density at radius 2 is 2.07 bits per heavy atom. The molecule has 0 aromatic heterocycles. The van der Waals surface area contributed by atoms with Crippen molar-refractivity contribution in [2.45, 2.75) is 19.3 Å². The van der Waals surface area contributed by atoms with E-state index < -0.39 is 6.03 Å². The second-order valence-electron chi connectivity index (χ2n) is 6.26. The Balaban J connectivity index is 1.57. The molecule has 1 saturated heterocycles. The first-order valence-corrected chi connectivity index (χ1v) is 8.85. The van der Waals surface area contributed by atoms with Crippen molar-refractivity contribution < 1.29 is 18.7 Å². The van der Waals surface area contributed by atoms with E-state index in [4.69, 9.17) is 4.74 Å². The minimum absolute atomic E-state index is 0.0693. The lowest BCUT2D eigenvalue weighted by Gasteiger charge is -2.19. The molecule has 1 fully saturated rings. The SMILES string of the molecule is COc1cc(NC(=O)NCCc2ccccc2F)ccc1N1CCCC1=O. The molecule has 27 heavy (non-hydrogen) atoms. The van der Waals surface area contributed by atoms with Gasteiger partial charge in [-0.3, -0.25) is 4.79 Å². The predicted molar refractivity (Wildman–Crippen MR) is 102 cm³/mol. The van der Waals surface area contributed by atoms with Crippen molar-refractivity contribution in [1.29, 1.82) is 0 Å². The van der Waals surface area contributed by atoms with Crippen LogP contribution in [0.15, 0.2) is 42.5 Å². The van der Waals surface area contributed by atoms with E-state index in [1.54, 1.807) is 41.3 Å². The minimum atomic E-state index is -0.390. The molecular formula is C20H22FN3O3. The van der Waals surface area contributed by atoms with Crippen LogP contribution in [0.2, 0.25) is 0 Å². The lowest BCUT2D eigenvalue weighted by atomic mass is 10.1. The fourth-order valence-electron chi connectivity index (χ4n) is 3.07. The van der Waals surface area contributed by atoms with Gasteiger partial charge in [-0.25, -0.2) is 9.18 Å². The number of benzene rings is 2. The van der Waals surface area contributed by atoms with Crippen LogP contribution in [0.3, 0.4) is 0 Å². The van der Waals surface area contributed by atoms with Gasteiger partial charge in [0.2, 0.25) is 5.91 Å². The van der Waals surface area contributed by atoms with Gasteiger partial charge in [-0.15, -0.1) is 0 Å². The Morgan fingerprint density at radius 3 is 2.78 bits per heavy atom. The van der Waals surface area contributed by atoms with Crippen molar-refractivity contribution in [1.82, 2.24) is 5.32 Å². The first-order chi connectivity index (χ1) is 13.1. The minimum Gasteiger partial charge on any atom is -0.494 e. The fraction of sp³-hybridized carbons (Fsp3) is 0.300. The molecule has 0 unspecified atom stereocenters. The predicted octanol–water partition coefficient (Wildman–Crippen LogP) is 3.33. The zero-order valence-corrected chi connectivity index (χ0v) is 15.1. The van der Waals surface area contributed by atoms with E-state index >= 15 is 0 Å². The van der Waals surface area contributed by atoms with E-state index in [2.05, 4.69) is 10.6 Å². The molecule has 7 heteroatoms. The molecule has 0 radical (unpaired) electrons. The number of nitrogens with one attached hydrogen (secondary N) is 2. The summed E-state index contributed by atoms with van der Waals surface area (Å²) < 4.78 is 18.9. The number of carbonyl (C=O) groups excluding carboxylic acids is 2. The van der Waals surface area contributed by atoms with Gasteiger partial charge in [0, 0.05) is 31.3 Å². The first-order valence-electron chi connectivity index (χ1n) is 8.85. The maximum atomic E-state index is 13.6. The molecule has 2 aromatic carbocycles. The van der Waals surface area contributed by atoms with Gasteiger partial charge < -0.3 is 20.3 Å². The molecule has 2 N–H and O–H groups in total. The number of nitrogens with zero attached hydrogens (tertiary/aromatic N) is 1. The maximum absolute atomic E-state index is 13.6. The van der Waals surface area contributed by atoms with Gasteiger partial charge >= 0.3 is 6.03 Å². The summed E-state index contributed by atoms with van der Waals surface area (Å²) in [6.45, 7) is 0.975. The smallest absolute Gasteiger partial charge is 0.319 e. The van der Waals surface area contributed by atoms with Crippen LogP contribution in [0.5, 0.6) is 5.75 Å². The molecule has 6 nitrogen and oxygen atoms in total. The van der Waals surface area contributed by atoms with E-state index in [9.17, 15) is 14.0 Å². The Bertz CT molecular complexity index is 841. The van der Waals surface area contributed by atoms with Gasteiger partial charge in [-0.2, -0.15) is 0 Å². The highest BCUT2D eigenvalue weighted by atomic mass is 19.1. The molecule has 2 aromatic rings. The second-order valence-corrected chi connectivity index (χ2v) is 6.26. The summed E-state index contributed by atoms with van der Waals surface area (Å²) in [5, 5.41) is 5.42. The van der Waals surface area contributed by atoms with Crippen molar-refractivity contribution in [2.24, 2.45) is 0 Å². The largest absolute Gasteiger partial charge is 0.494 e. The standard InChI is InChI=1S/C20H22FN3O3/c1-27-18-13-15(8-9-17(18)24-12-4-7-19(24)25)23-20(26)22-11-10-14-5-2-3-6-16(14)21/h2-3,5-6,8-9,13H,4,7,10-12H2,1H3,(H2,22,23,26). The summed E-state index contributed by atoms with van der Waals surface area (Å²) in [7, 11) is 1.53. The van der Waals surface area contributed by atoms with Gasteiger partial charge in [0.05, 0.1) is 12.8 Å². The molecule has 0 bridgehead atoms. The number of hydrogen-bond acceptors (Lipinski definition) is 3. The van der Waals surface area contributed by atoms with Crippen LogP contribution >= 0.6 is 0 Å². The Kier molecular flexibility index (Phi) is 5.90. The zero-order chi connectivity index (χ0) is 19.2.